The van der Waals surface area contributed by atoms with Crippen LogP contribution in [0.4, 0.5) is 23.3 Å². The molecule has 8 aromatic carbocycles. The normalized spacial score (nSPS) is 12.2. The zero-order valence-electron chi connectivity index (χ0n) is 76.4. The van der Waals surface area contributed by atoms with Crippen LogP contribution in [0.15, 0.2) is 350 Å². The SMILES string of the molecule is C[C@H](Nc1ncnc2nc[nH]c12)c1cc2cccc(-n3cccn3)c2c(=O)n1-c1ccccc1.Cc1ccc(-c2cccc3cc([C@H](C)Nc4ncnc5nc[nH]c45)n(-c4ccccc4)c(=O)c23)cn1.Cc1cn(-c2cccc3cc([C@H](C)Nc4ncnc5nc[nH]c45)n(-c4ccccc4)c(=O)c23)cn1.Cc1cnn(-c2cccc3cc([C@H](C)Nc4ncnc5nc[nH]c45)n(-c4ccccc4)c(=O)c23)c1. The van der Waals surface area contributed by atoms with Crippen LogP contribution >= 0.6 is 0 Å². The van der Waals surface area contributed by atoms with Crippen LogP contribution in [0.2, 0.25) is 0 Å². The van der Waals surface area contributed by atoms with Gasteiger partial charge < -0.3 is 45.8 Å². The van der Waals surface area contributed by atoms with Gasteiger partial charge in [-0.1, -0.05) is 133 Å². The molecule has 0 spiro atoms. The molecular formula is C105H87N31O4. The molecule has 0 fully saturated rings. The first-order valence-corrected chi connectivity index (χ1v) is 45.0. The van der Waals surface area contributed by atoms with Gasteiger partial charge in [-0.15, -0.1) is 0 Å². The Hall–Kier alpha value is -19.2. The molecular weight excluding hydrogens is 1760 g/mol. The third kappa shape index (κ3) is 17.0. The van der Waals surface area contributed by atoms with Crippen molar-refractivity contribution in [1.82, 2.24) is 132 Å². The highest BCUT2D eigenvalue weighted by Crippen LogP contribution is 2.36. The lowest BCUT2D eigenvalue weighted by Gasteiger charge is -2.22. The Balaban J connectivity index is 0.000000111. The maximum absolute atomic E-state index is 14.2. The topological polar surface area (TPSA) is 420 Å². The molecule has 16 heterocycles. The molecule has 0 unspecified atom stereocenters. The number of benzene rings is 8. The number of para-hydroxylation sites is 4. The summed E-state index contributed by atoms with van der Waals surface area (Å²) in [5.74, 6) is 2.48. The lowest BCUT2D eigenvalue weighted by atomic mass is 9.98. The molecule has 0 aliphatic heterocycles. The molecule has 0 aliphatic carbocycles. The summed E-state index contributed by atoms with van der Waals surface area (Å²) in [5.41, 5.74) is 18.0. The Bertz CT molecular complexity index is 8700. The predicted molar refractivity (Wildman–Crippen MR) is 542 cm³/mol. The number of nitrogens with one attached hydrogen (secondary N) is 8. The fraction of sp³-hybridized carbons (Fsp3) is 0.105. The minimum atomic E-state index is -0.260. The second kappa shape index (κ2) is 37.7. The van der Waals surface area contributed by atoms with Gasteiger partial charge in [0.25, 0.3) is 22.2 Å². The predicted octanol–water partition coefficient (Wildman–Crippen LogP) is 17.9. The van der Waals surface area contributed by atoms with E-state index in [0.29, 0.717) is 89.5 Å². The van der Waals surface area contributed by atoms with Gasteiger partial charge in [0.15, 0.2) is 45.9 Å². The van der Waals surface area contributed by atoms with Crippen molar-refractivity contribution >= 4 is 111 Å². The van der Waals surface area contributed by atoms with E-state index in [-0.39, 0.29) is 46.4 Å². The van der Waals surface area contributed by atoms with E-state index in [4.69, 9.17) is 0 Å². The van der Waals surface area contributed by atoms with Crippen molar-refractivity contribution in [1.29, 1.82) is 0 Å². The first-order chi connectivity index (χ1) is 68.5. The molecule has 140 heavy (non-hydrogen) atoms. The zero-order valence-corrected chi connectivity index (χ0v) is 76.4. The molecule has 0 bridgehead atoms. The average Bonchev–Trinajstić information content (AvgIpc) is 0.859. The molecule has 24 aromatic rings. The molecule has 0 saturated carbocycles. The minimum absolute atomic E-state index is 0.0899. The van der Waals surface area contributed by atoms with Gasteiger partial charge in [0.05, 0.1) is 106 Å². The highest BCUT2D eigenvalue weighted by Gasteiger charge is 2.27. The number of aromatic nitrogens is 27. The van der Waals surface area contributed by atoms with Gasteiger partial charge in [-0.25, -0.2) is 74.2 Å². The number of pyridine rings is 5. The fourth-order valence-corrected chi connectivity index (χ4v) is 17.7. The van der Waals surface area contributed by atoms with Crippen molar-refractivity contribution in [3.63, 3.8) is 0 Å². The monoisotopic (exact) mass is 1850 g/mol. The molecule has 35 nitrogen and oxygen atoms in total. The number of nitrogens with zero attached hydrogens (tertiary/aromatic N) is 23. The molecule has 0 radical (unpaired) electrons. The van der Waals surface area contributed by atoms with E-state index >= 15 is 0 Å². The highest BCUT2D eigenvalue weighted by molar-refractivity contribution is 5.98. The second-order valence-corrected chi connectivity index (χ2v) is 33.5. The summed E-state index contributed by atoms with van der Waals surface area (Å²) in [7, 11) is 0. The van der Waals surface area contributed by atoms with E-state index in [1.807, 2.05) is 302 Å². The Morgan fingerprint density at radius 1 is 0.307 bits per heavy atom. The van der Waals surface area contributed by atoms with Crippen molar-refractivity contribution in [2.45, 2.75) is 72.6 Å². The number of rotatable bonds is 20. The number of aromatic amines is 4. The number of H-pyrrole nitrogens is 4. The Morgan fingerprint density at radius 3 is 1.01 bits per heavy atom. The van der Waals surface area contributed by atoms with E-state index in [0.717, 1.165) is 112 Å². The molecule has 24 rings (SSSR count). The Labute approximate surface area is 795 Å². The summed E-state index contributed by atoms with van der Waals surface area (Å²) in [6, 6.07) is 75.0. The van der Waals surface area contributed by atoms with Crippen molar-refractivity contribution < 1.29 is 0 Å². The molecule has 4 atom stereocenters. The van der Waals surface area contributed by atoms with Crippen LogP contribution in [0.25, 0.3) is 139 Å². The molecule has 16 aromatic heterocycles. The van der Waals surface area contributed by atoms with E-state index in [1.54, 1.807) is 71.7 Å². The standard InChI is InChI=1S/C28H23N7O.2C26H22N8O.C25H20N8O/c1-17-11-12-20(14-29-17)22-10-6-7-19-13-23(35(28(36)24(19)22)21-8-4-3-5-9-21)18(2)34-27-25-26(31-15-30-25)32-16-33-27;1-16-12-33(15-31-16)20-10-6-7-18-11-21(34(26(35)22(18)20)19-8-4-3-5-9-19)17(2)32-25-23-24(28-13-27-23)29-14-30-25;1-16-12-31-33(13-16)20-10-6-7-18-11-21(34(26(35)22(18)20)19-8-4-3-5-9-19)17(2)32-25-23-24(28-14-27-23)29-15-30-25;1-16(31-24-22-23(27-14-26-22)28-15-29-24)20-13-17-7-5-10-19(32-12-6-11-30-32)21(17)25(34)33(20)18-8-3-2-4-9-18/h3-16,18H,1-2H3,(H2,30,31,32,33,34);2*3-15,17H,1-2H3,(H2,27,28,29,30,32);2-16H,1H3,(H2,26,27,28,29,31)/t18-;2*17-;16-/m0000/s1. The van der Waals surface area contributed by atoms with E-state index in [1.165, 1.54) is 25.3 Å². The third-order valence-electron chi connectivity index (χ3n) is 24.3. The van der Waals surface area contributed by atoms with Crippen molar-refractivity contribution in [3.8, 4) is 50.9 Å². The maximum atomic E-state index is 14.2. The number of hydrogen-bond donors (Lipinski definition) is 8. The zero-order chi connectivity index (χ0) is 95.6. The largest absolute Gasteiger partial charge is 0.360 e. The molecule has 0 amide bonds. The van der Waals surface area contributed by atoms with Gasteiger partial charge in [0.2, 0.25) is 0 Å². The van der Waals surface area contributed by atoms with Gasteiger partial charge in [-0.3, -0.25) is 42.4 Å². The summed E-state index contributed by atoms with van der Waals surface area (Å²) in [4.78, 5) is 129. The number of hydrogen-bond acceptors (Lipinski definition) is 24. The van der Waals surface area contributed by atoms with Gasteiger partial charge >= 0.3 is 0 Å². The van der Waals surface area contributed by atoms with E-state index < -0.39 is 0 Å². The number of fused-ring (bicyclic) bond motifs is 8. The molecule has 35 heteroatoms. The Morgan fingerprint density at radius 2 is 0.664 bits per heavy atom. The van der Waals surface area contributed by atoms with Crippen LogP contribution in [0.1, 0.15) is 91.6 Å². The average molecular weight is 1850 g/mol. The maximum Gasteiger partial charge on any atom is 0.265 e. The van der Waals surface area contributed by atoms with E-state index in [9.17, 15) is 19.2 Å². The van der Waals surface area contributed by atoms with Crippen LogP contribution in [-0.2, 0) is 0 Å². The molecule has 0 aliphatic rings. The van der Waals surface area contributed by atoms with Gasteiger partial charge in [0, 0.05) is 87.8 Å². The summed E-state index contributed by atoms with van der Waals surface area (Å²) in [5, 5.41) is 28.4. The smallest absolute Gasteiger partial charge is 0.265 e. The van der Waals surface area contributed by atoms with Crippen molar-refractivity contribution in [2.75, 3.05) is 21.3 Å². The summed E-state index contributed by atoms with van der Waals surface area (Å²) >= 11 is 0. The van der Waals surface area contributed by atoms with Crippen molar-refractivity contribution in [2.24, 2.45) is 0 Å². The van der Waals surface area contributed by atoms with Crippen LogP contribution in [0.5, 0.6) is 0 Å². The quantitative estimate of drug-likeness (QED) is 0.0351. The third-order valence-corrected chi connectivity index (χ3v) is 24.3. The fourth-order valence-electron chi connectivity index (χ4n) is 17.7. The highest BCUT2D eigenvalue weighted by atomic mass is 16.1. The number of aryl methyl sites for hydroxylation is 3. The van der Waals surface area contributed by atoms with Gasteiger partial charge in [-0.2, -0.15) is 10.2 Å². The van der Waals surface area contributed by atoms with Crippen molar-refractivity contribution in [3.05, 3.63) is 412 Å². The van der Waals surface area contributed by atoms with E-state index in [2.05, 4.69) is 133 Å². The summed E-state index contributed by atoms with van der Waals surface area (Å²) in [6.07, 6.45) is 25.0. The Kier molecular flexibility index (Phi) is 23.5. The summed E-state index contributed by atoms with van der Waals surface area (Å²) < 4.78 is 12.4. The van der Waals surface area contributed by atoms with Crippen LogP contribution in [0, 0.1) is 20.8 Å². The van der Waals surface area contributed by atoms with Crippen LogP contribution in [0.3, 0.4) is 0 Å². The lowest BCUT2D eigenvalue weighted by molar-refractivity contribution is 0.773. The molecule has 8 N–H and O–H groups in total. The second-order valence-electron chi connectivity index (χ2n) is 33.5. The summed E-state index contributed by atoms with van der Waals surface area (Å²) in [6.45, 7) is 13.9. The minimum Gasteiger partial charge on any atom is -0.360 e. The van der Waals surface area contributed by atoms with Gasteiger partial charge in [0.1, 0.15) is 47.4 Å². The van der Waals surface area contributed by atoms with Crippen LogP contribution < -0.4 is 43.5 Å². The number of anilines is 4. The van der Waals surface area contributed by atoms with Crippen LogP contribution in [-0.4, -0.2) is 132 Å². The lowest BCUT2D eigenvalue weighted by Crippen LogP contribution is -2.26. The van der Waals surface area contributed by atoms with Gasteiger partial charge in [-0.05, 0) is 184 Å². The first-order valence-electron chi connectivity index (χ1n) is 45.0. The number of imidazole rings is 5. The molecule has 0 saturated heterocycles. The first kappa shape index (κ1) is 87.4. The molecule has 686 valence electrons.